The number of hydrogen-bond acceptors (Lipinski definition) is 3. The van der Waals surface area contributed by atoms with Crippen LogP contribution in [-0.2, 0) is 0 Å². The quantitative estimate of drug-likeness (QED) is 0.691. The minimum absolute atomic E-state index is 0.623. The van der Waals surface area contributed by atoms with Crippen molar-refractivity contribution in [2.45, 2.75) is 51.5 Å². The summed E-state index contributed by atoms with van der Waals surface area (Å²) in [4.78, 5) is 5.06. The Labute approximate surface area is 107 Å². The van der Waals surface area contributed by atoms with Gasteiger partial charge in [-0.1, -0.05) is 32.6 Å². The van der Waals surface area contributed by atoms with E-state index >= 15 is 0 Å². The maximum atomic E-state index is 5.95. The number of rotatable bonds is 7. The third-order valence-corrected chi connectivity index (χ3v) is 3.93. The molecule has 0 radical (unpaired) electrons. The summed E-state index contributed by atoms with van der Waals surface area (Å²) in [6, 6.07) is 0.623. The Morgan fingerprint density at radius 1 is 1.06 bits per heavy atom. The Balaban J connectivity index is 2.27. The summed E-state index contributed by atoms with van der Waals surface area (Å²) in [5.74, 6) is 0. The summed E-state index contributed by atoms with van der Waals surface area (Å²) in [6.07, 6.45) is 8.01. The van der Waals surface area contributed by atoms with Crippen molar-refractivity contribution < 1.29 is 0 Å². The highest BCUT2D eigenvalue weighted by Crippen LogP contribution is 2.12. The van der Waals surface area contributed by atoms with Gasteiger partial charge in [-0.3, -0.25) is 4.90 Å². The molecule has 0 spiro atoms. The molecule has 0 aliphatic carbocycles. The summed E-state index contributed by atoms with van der Waals surface area (Å²) in [5, 5.41) is 0. The second kappa shape index (κ2) is 8.90. The van der Waals surface area contributed by atoms with Crippen LogP contribution in [0.15, 0.2) is 0 Å². The maximum absolute atomic E-state index is 5.95. The molecule has 1 heterocycles. The Hall–Kier alpha value is -0.120. The van der Waals surface area contributed by atoms with Crippen molar-refractivity contribution in [1.82, 2.24) is 9.80 Å². The van der Waals surface area contributed by atoms with E-state index in [2.05, 4.69) is 23.8 Å². The Morgan fingerprint density at radius 3 is 2.59 bits per heavy atom. The molecular weight excluding hydrogens is 210 g/mol. The number of hydrogen-bond donors (Lipinski definition) is 1. The van der Waals surface area contributed by atoms with E-state index in [1.165, 1.54) is 64.7 Å². The fourth-order valence-corrected chi connectivity index (χ4v) is 2.69. The first-order chi connectivity index (χ1) is 8.27. The lowest BCUT2D eigenvalue weighted by Crippen LogP contribution is -2.42. The Morgan fingerprint density at radius 2 is 1.88 bits per heavy atom. The normalized spacial score (nSPS) is 21.4. The molecule has 3 heteroatoms. The van der Waals surface area contributed by atoms with Gasteiger partial charge < -0.3 is 10.6 Å². The molecule has 1 fully saturated rings. The summed E-state index contributed by atoms with van der Waals surface area (Å²) < 4.78 is 0. The van der Waals surface area contributed by atoms with Crippen molar-refractivity contribution >= 4 is 0 Å². The second-order valence-corrected chi connectivity index (χ2v) is 5.43. The minimum atomic E-state index is 0.623. The molecule has 17 heavy (non-hydrogen) atoms. The summed E-state index contributed by atoms with van der Waals surface area (Å²) in [7, 11) is 2.22. The van der Waals surface area contributed by atoms with Crippen LogP contribution in [0.5, 0.6) is 0 Å². The van der Waals surface area contributed by atoms with Crippen LogP contribution in [-0.4, -0.2) is 55.6 Å². The van der Waals surface area contributed by atoms with Crippen molar-refractivity contribution in [3.63, 3.8) is 0 Å². The number of nitrogens with two attached hydrogens (primary N) is 1. The largest absolute Gasteiger partial charge is 0.329 e. The van der Waals surface area contributed by atoms with Gasteiger partial charge in [0.1, 0.15) is 0 Å². The third-order valence-electron chi connectivity index (χ3n) is 3.93. The van der Waals surface area contributed by atoms with E-state index in [9.17, 15) is 0 Å². The van der Waals surface area contributed by atoms with Crippen LogP contribution in [0.25, 0.3) is 0 Å². The predicted octanol–water partition coefficient (Wildman–Crippen LogP) is 1.92. The first-order valence-electron chi connectivity index (χ1n) is 7.40. The van der Waals surface area contributed by atoms with Crippen molar-refractivity contribution in [3.8, 4) is 0 Å². The number of unbranched alkanes of at least 4 members (excludes halogenated alkanes) is 3. The first-order valence-corrected chi connectivity index (χ1v) is 7.40. The van der Waals surface area contributed by atoms with Crippen molar-refractivity contribution in [2.75, 3.05) is 39.8 Å². The van der Waals surface area contributed by atoms with Gasteiger partial charge in [-0.15, -0.1) is 0 Å². The molecule has 1 aliphatic heterocycles. The van der Waals surface area contributed by atoms with Gasteiger partial charge >= 0.3 is 0 Å². The molecule has 1 atom stereocenters. The molecular formula is C14H31N3. The highest BCUT2D eigenvalue weighted by molar-refractivity contribution is 4.76. The Kier molecular flexibility index (Phi) is 7.82. The second-order valence-electron chi connectivity index (χ2n) is 5.43. The highest BCUT2D eigenvalue weighted by atomic mass is 15.2. The fraction of sp³-hybridized carbons (Fsp3) is 1.00. The van der Waals surface area contributed by atoms with Crippen molar-refractivity contribution in [3.05, 3.63) is 0 Å². The molecule has 0 saturated carbocycles. The van der Waals surface area contributed by atoms with Crippen LogP contribution in [0.3, 0.4) is 0 Å². The zero-order chi connectivity index (χ0) is 12.5. The molecule has 0 amide bonds. The van der Waals surface area contributed by atoms with Gasteiger partial charge in [0, 0.05) is 25.7 Å². The van der Waals surface area contributed by atoms with E-state index in [-0.39, 0.29) is 0 Å². The van der Waals surface area contributed by atoms with Crippen LogP contribution in [0.1, 0.15) is 45.4 Å². The number of likely N-dealkylation sites (N-methyl/N-ethyl adjacent to an activating group) is 1. The molecule has 1 rings (SSSR count). The zero-order valence-electron chi connectivity index (χ0n) is 11.8. The van der Waals surface area contributed by atoms with E-state index in [1.807, 2.05) is 0 Å². The number of nitrogens with zero attached hydrogens (tertiary/aromatic N) is 2. The standard InChI is InChI=1S/C14H31N3/c1-3-4-5-6-8-14(13-15)17-10-7-9-16(2)11-12-17/h14H,3-13,15H2,1-2H3. The Bertz CT molecular complexity index is 184. The topological polar surface area (TPSA) is 32.5 Å². The fourth-order valence-electron chi connectivity index (χ4n) is 2.69. The molecule has 3 nitrogen and oxygen atoms in total. The van der Waals surface area contributed by atoms with Gasteiger partial charge in [-0.05, 0) is 33.0 Å². The zero-order valence-corrected chi connectivity index (χ0v) is 11.8. The lowest BCUT2D eigenvalue weighted by atomic mass is 10.1. The smallest absolute Gasteiger partial charge is 0.0218 e. The average molecular weight is 241 g/mol. The minimum Gasteiger partial charge on any atom is -0.329 e. The lowest BCUT2D eigenvalue weighted by Gasteiger charge is -2.29. The molecule has 0 aromatic rings. The predicted molar refractivity (Wildman–Crippen MR) is 75.3 cm³/mol. The van der Waals surface area contributed by atoms with Gasteiger partial charge in [-0.2, -0.15) is 0 Å². The van der Waals surface area contributed by atoms with Crippen LogP contribution in [0.4, 0.5) is 0 Å². The van der Waals surface area contributed by atoms with E-state index in [4.69, 9.17) is 5.73 Å². The van der Waals surface area contributed by atoms with Gasteiger partial charge in [0.15, 0.2) is 0 Å². The summed E-state index contributed by atoms with van der Waals surface area (Å²) in [5.41, 5.74) is 5.95. The van der Waals surface area contributed by atoms with Crippen LogP contribution in [0, 0.1) is 0 Å². The van der Waals surface area contributed by atoms with Crippen molar-refractivity contribution in [2.24, 2.45) is 5.73 Å². The van der Waals surface area contributed by atoms with Crippen LogP contribution in [0.2, 0.25) is 0 Å². The summed E-state index contributed by atoms with van der Waals surface area (Å²) >= 11 is 0. The monoisotopic (exact) mass is 241 g/mol. The lowest BCUT2D eigenvalue weighted by molar-refractivity contribution is 0.193. The highest BCUT2D eigenvalue weighted by Gasteiger charge is 2.19. The molecule has 1 aliphatic rings. The molecule has 2 N–H and O–H groups in total. The molecule has 0 aromatic heterocycles. The van der Waals surface area contributed by atoms with Crippen molar-refractivity contribution in [1.29, 1.82) is 0 Å². The van der Waals surface area contributed by atoms with E-state index in [0.29, 0.717) is 6.04 Å². The molecule has 1 saturated heterocycles. The van der Waals surface area contributed by atoms with Crippen LogP contribution >= 0.6 is 0 Å². The average Bonchev–Trinajstić information content (AvgIpc) is 2.55. The maximum Gasteiger partial charge on any atom is 0.0218 e. The van der Waals surface area contributed by atoms with Gasteiger partial charge in [0.05, 0.1) is 0 Å². The molecule has 0 bridgehead atoms. The first kappa shape index (κ1) is 14.9. The van der Waals surface area contributed by atoms with Gasteiger partial charge in [0.25, 0.3) is 0 Å². The van der Waals surface area contributed by atoms with Gasteiger partial charge in [0.2, 0.25) is 0 Å². The molecule has 102 valence electrons. The van der Waals surface area contributed by atoms with Crippen LogP contribution < -0.4 is 5.73 Å². The SMILES string of the molecule is CCCCCCC(CN)N1CCCN(C)CC1. The third kappa shape index (κ3) is 5.84. The van der Waals surface area contributed by atoms with E-state index in [1.54, 1.807) is 0 Å². The molecule has 0 aromatic carbocycles. The van der Waals surface area contributed by atoms with Gasteiger partial charge in [-0.25, -0.2) is 0 Å². The van der Waals surface area contributed by atoms with E-state index < -0.39 is 0 Å². The van der Waals surface area contributed by atoms with E-state index in [0.717, 1.165) is 6.54 Å². The molecule has 1 unspecified atom stereocenters. The summed E-state index contributed by atoms with van der Waals surface area (Å²) in [6.45, 7) is 7.97.